The van der Waals surface area contributed by atoms with Crippen LogP contribution in [0.3, 0.4) is 0 Å². The molecule has 1 amide bonds. The van der Waals surface area contributed by atoms with Gasteiger partial charge < -0.3 is 20.8 Å². The number of hydrogen-bond donors (Lipinski definition) is 3. The smallest absolute Gasteiger partial charge is 0.255 e. The molecule has 0 spiro atoms. The number of H-pyrrole nitrogens is 1. The number of hydrogen-bond acceptors (Lipinski definition) is 4. The first-order valence-corrected chi connectivity index (χ1v) is 5.85. The van der Waals surface area contributed by atoms with E-state index in [9.17, 15) is 4.79 Å². The van der Waals surface area contributed by atoms with Crippen LogP contribution in [0, 0.1) is 0 Å². The Bertz CT molecular complexity index is 566. The topological polar surface area (TPSA) is 93.0 Å². The number of nitrogens with two attached hydrogens (primary N) is 1. The first-order valence-electron chi connectivity index (χ1n) is 5.85. The van der Waals surface area contributed by atoms with Crippen molar-refractivity contribution >= 4 is 11.6 Å². The summed E-state index contributed by atoms with van der Waals surface area (Å²) in [5.74, 6) is 0.910. The van der Waals surface area contributed by atoms with Crippen molar-refractivity contribution in [3.8, 4) is 5.75 Å². The number of rotatable bonds is 4. The fourth-order valence-electron chi connectivity index (χ4n) is 1.75. The van der Waals surface area contributed by atoms with Gasteiger partial charge in [0.1, 0.15) is 11.6 Å². The molecule has 0 saturated carbocycles. The van der Waals surface area contributed by atoms with E-state index in [-0.39, 0.29) is 11.9 Å². The van der Waals surface area contributed by atoms with Crippen LogP contribution in [0.2, 0.25) is 0 Å². The van der Waals surface area contributed by atoms with Crippen molar-refractivity contribution in [1.82, 2.24) is 15.3 Å². The molecule has 1 aromatic carbocycles. The third kappa shape index (κ3) is 2.85. The number of amides is 1. The van der Waals surface area contributed by atoms with E-state index in [1.54, 1.807) is 30.6 Å². The summed E-state index contributed by atoms with van der Waals surface area (Å²) in [5, 5.41) is 2.84. The molecule has 19 heavy (non-hydrogen) atoms. The Hall–Kier alpha value is -2.50. The second-order valence-electron chi connectivity index (χ2n) is 4.13. The van der Waals surface area contributed by atoms with Crippen LogP contribution in [0.25, 0.3) is 0 Å². The van der Waals surface area contributed by atoms with Gasteiger partial charge in [0.25, 0.3) is 5.91 Å². The quantitative estimate of drug-likeness (QED) is 0.726. The van der Waals surface area contributed by atoms with Gasteiger partial charge in [-0.1, -0.05) is 0 Å². The summed E-state index contributed by atoms with van der Waals surface area (Å²) in [6.07, 6.45) is 3.35. The van der Waals surface area contributed by atoms with Crippen LogP contribution in [0.1, 0.15) is 29.1 Å². The van der Waals surface area contributed by atoms with Crippen molar-refractivity contribution in [3.05, 3.63) is 42.0 Å². The molecule has 100 valence electrons. The molecule has 0 aliphatic heterocycles. The van der Waals surface area contributed by atoms with Crippen LogP contribution in [0.5, 0.6) is 5.75 Å². The predicted octanol–water partition coefficient (Wildman–Crippen LogP) is 1.49. The molecule has 0 aliphatic carbocycles. The lowest BCUT2D eigenvalue weighted by atomic mass is 10.1. The lowest BCUT2D eigenvalue weighted by molar-refractivity contribution is 0.0935. The Balaban J connectivity index is 2.16. The summed E-state index contributed by atoms with van der Waals surface area (Å²) in [7, 11) is 1.50. The number of benzene rings is 1. The van der Waals surface area contributed by atoms with E-state index in [0.717, 1.165) is 0 Å². The van der Waals surface area contributed by atoms with Gasteiger partial charge in [0.2, 0.25) is 0 Å². The van der Waals surface area contributed by atoms with E-state index in [1.807, 2.05) is 6.92 Å². The van der Waals surface area contributed by atoms with Crippen LogP contribution < -0.4 is 15.8 Å². The van der Waals surface area contributed by atoms with Crippen molar-refractivity contribution < 1.29 is 9.53 Å². The second-order valence-corrected chi connectivity index (χ2v) is 4.13. The average Bonchev–Trinajstić information content (AvgIpc) is 2.92. The Morgan fingerprint density at radius 1 is 1.53 bits per heavy atom. The summed E-state index contributed by atoms with van der Waals surface area (Å²) in [6, 6.07) is 4.70. The number of nitrogen functional groups attached to an aromatic ring is 1. The molecule has 1 aromatic heterocycles. The van der Waals surface area contributed by atoms with Gasteiger partial charge in [0.15, 0.2) is 0 Å². The first kappa shape index (κ1) is 12.9. The third-order valence-corrected chi connectivity index (χ3v) is 2.75. The van der Waals surface area contributed by atoms with Gasteiger partial charge in [0, 0.05) is 24.1 Å². The highest BCUT2D eigenvalue weighted by Gasteiger charge is 2.16. The number of carbonyl (C=O) groups is 1. The van der Waals surface area contributed by atoms with Gasteiger partial charge >= 0.3 is 0 Å². The van der Waals surface area contributed by atoms with Crippen LogP contribution in [0.15, 0.2) is 30.6 Å². The van der Waals surface area contributed by atoms with Crippen molar-refractivity contribution in [2.75, 3.05) is 12.8 Å². The average molecular weight is 260 g/mol. The van der Waals surface area contributed by atoms with Crippen molar-refractivity contribution in [1.29, 1.82) is 0 Å². The number of nitrogens with one attached hydrogen (secondary N) is 2. The molecule has 0 saturated heterocycles. The van der Waals surface area contributed by atoms with Gasteiger partial charge in [-0.25, -0.2) is 4.98 Å². The number of methoxy groups -OCH3 is 1. The molecule has 2 aromatic rings. The van der Waals surface area contributed by atoms with Crippen molar-refractivity contribution in [2.45, 2.75) is 13.0 Å². The molecule has 0 bridgehead atoms. The van der Waals surface area contributed by atoms with E-state index in [2.05, 4.69) is 15.3 Å². The van der Waals surface area contributed by atoms with Crippen LogP contribution >= 0.6 is 0 Å². The molecule has 4 N–H and O–H groups in total. The number of ether oxygens (including phenoxy) is 1. The normalized spacial score (nSPS) is 11.9. The first-order chi connectivity index (χ1) is 9.11. The number of nitrogens with zero attached hydrogens (tertiary/aromatic N) is 1. The van der Waals surface area contributed by atoms with Gasteiger partial charge in [0.05, 0.1) is 18.7 Å². The highest BCUT2D eigenvalue weighted by atomic mass is 16.5. The highest BCUT2D eigenvalue weighted by molar-refractivity contribution is 5.97. The fourth-order valence-corrected chi connectivity index (χ4v) is 1.75. The zero-order valence-corrected chi connectivity index (χ0v) is 10.8. The van der Waals surface area contributed by atoms with Crippen molar-refractivity contribution in [2.24, 2.45) is 0 Å². The summed E-state index contributed by atoms with van der Waals surface area (Å²) in [4.78, 5) is 19.2. The SMILES string of the molecule is COc1cc(N)ccc1C(=O)NC(C)c1ncc[nH]1. The molecule has 1 atom stereocenters. The third-order valence-electron chi connectivity index (χ3n) is 2.75. The van der Waals surface area contributed by atoms with Gasteiger partial charge in [-0.05, 0) is 19.1 Å². The number of imidazole rings is 1. The Morgan fingerprint density at radius 3 is 2.95 bits per heavy atom. The standard InChI is InChI=1S/C13H16N4O2/c1-8(12-15-5-6-16-12)17-13(18)10-4-3-9(14)7-11(10)19-2/h3-8H,14H2,1-2H3,(H,15,16)(H,17,18). The maximum absolute atomic E-state index is 12.2. The highest BCUT2D eigenvalue weighted by Crippen LogP contribution is 2.22. The number of anilines is 1. The van der Waals surface area contributed by atoms with Crippen LogP contribution in [0.4, 0.5) is 5.69 Å². The fraction of sp³-hybridized carbons (Fsp3) is 0.231. The van der Waals surface area contributed by atoms with E-state index < -0.39 is 0 Å². The zero-order valence-electron chi connectivity index (χ0n) is 10.8. The van der Waals surface area contributed by atoms with Gasteiger partial charge in [-0.2, -0.15) is 0 Å². The summed E-state index contributed by atoms with van der Waals surface area (Å²) in [5.41, 5.74) is 6.64. The maximum Gasteiger partial charge on any atom is 0.255 e. The Kier molecular flexibility index (Phi) is 3.70. The molecule has 0 radical (unpaired) electrons. The minimum atomic E-state index is -0.235. The molecule has 2 rings (SSSR count). The molecule has 1 heterocycles. The second kappa shape index (κ2) is 5.43. The van der Waals surface area contributed by atoms with E-state index in [0.29, 0.717) is 22.8 Å². The van der Waals surface area contributed by atoms with E-state index in [1.165, 1.54) is 7.11 Å². The minimum Gasteiger partial charge on any atom is -0.496 e. The van der Waals surface area contributed by atoms with Gasteiger partial charge in [-0.15, -0.1) is 0 Å². The Labute approximate surface area is 111 Å². The summed E-state index contributed by atoms with van der Waals surface area (Å²) in [6.45, 7) is 1.85. The molecular weight excluding hydrogens is 244 g/mol. The Morgan fingerprint density at radius 2 is 2.32 bits per heavy atom. The molecule has 6 heteroatoms. The van der Waals surface area contributed by atoms with Crippen molar-refractivity contribution in [3.63, 3.8) is 0 Å². The number of carbonyl (C=O) groups excluding carboxylic acids is 1. The lowest BCUT2D eigenvalue weighted by Crippen LogP contribution is -2.27. The lowest BCUT2D eigenvalue weighted by Gasteiger charge is -2.13. The summed E-state index contributed by atoms with van der Waals surface area (Å²) < 4.78 is 5.16. The molecule has 0 fully saturated rings. The number of aromatic amines is 1. The molecule has 1 unspecified atom stereocenters. The van der Waals surface area contributed by atoms with E-state index >= 15 is 0 Å². The molecule has 0 aliphatic rings. The minimum absolute atomic E-state index is 0.218. The van der Waals surface area contributed by atoms with Gasteiger partial charge in [-0.3, -0.25) is 4.79 Å². The van der Waals surface area contributed by atoms with Crippen LogP contribution in [-0.4, -0.2) is 23.0 Å². The maximum atomic E-state index is 12.2. The summed E-state index contributed by atoms with van der Waals surface area (Å²) >= 11 is 0. The largest absolute Gasteiger partial charge is 0.496 e. The predicted molar refractivity (Wildman–Crippen MR) is 71.9 cm³/mol. The van der Waals surface area contributed by atoms with E-state index in [4.69, 9.17) is 10.5 Å². The number of aromatic nitrogens is 2. The molecule has 6 nitrogen and oxygen atoms in total. The zero-order chi connectivity index (χ0) is 13.8. The van der Waals surface area contributed by atoms with Crippen LogP contribution in [-0.2, 0) is 0 Å². The monoisotopic (exact) mass is 260 g/mol. The molecular formula is C13H16N4O2.